The van der Waals surface area contributed by atoms with Gasteiger partial charge in [0.05, 0.1) is 18.8 Å². The van der Waals surface area contributed by atoms with Gasteiger partial charge in [-0.15, -0.1) is 0 Å². The molecule has 0 aromatic heterocycles. The van der Waals surface area contributed by atoms with Gasteiger partial charge < -0.3 is 10.2 Å². The van der Waals surface area contributed by atoms with Crippen LogP contribution >= 0.6 is 0 Å². The molecular weight excluding hydrogens is 270 g/mol. The number of rotatable bonds is 4. The van der Waals surface area contributed by atoms with Crippen LogP contribution in [0, 0.1) is 6.92 Å². The molecule has 0 radical (unpaired) electrons. The van der Waals surface area contributed by atoms with E-state index in [1.807, 2.05) is 13.0 Å². The molecule has 0 unspecified atom stereocenters. The van der Waals surface area contributed by atoms with Crippen molar-refractivity contribution in [2.24, 2.45) is 0 Å². The first kappa shape index (κ1) is 14.0. The molecule has 0 saturated carbocycles. The van der Waals surface area contributed by atoms with Gasteiger partial charge in [-0.1, -0.05) is 29.8 Å². The molecule has 0 spiro atoms. The molecule has 2 rings (SSSR count). The third-order valence-corrected chi connectivity index (χ3v) is 4.84. The molecule has 0 atom stereocenters. The largest absolute Gasteiger partial charge is 0.479 e. The Bertz CT molecular complexity index is 604. The molecule has 7 heteroatoms. The van der Waals surface area contributed by atoms with Crippen molar-refractivity contribution in [2.45, 2.75) is 18.3 Å². The second kappa shape index (κ2) is 4.59. The highest BCUT2D eigenvalue weighted by atomic mass is 32.2. The Morgan fingerprint density at radius 2 is 2.05 bits per heavy atom. The van der Waals surface area contributed by atoms with E-state index in [1.165, 1.54) is 0 Å². The van der Waals surface area contributed by atoms with E-state index < -0.39 is 34.7 Å². The zero-order chi connectivity index (χ0) is 14.3. The number of β-amino-alcohol motifs (C(OH)–C–C–N with tert-alkyl or cyclic N) is 1. The molecular formula is C12H15NO5S. The second-order valence-corrected chi connectivity index (χ2v) is 6.82. The SMILES string of the molecule is Cc1cccc(CS(=O)(=O)N2CC(O)(C(=O)O)C2)c1. The van der Waals surface area contributed by atoms with Gasteiger partial charge in [0.15, 0.2) is 5.60 Å². The number of hydrogen-bond acceptors (Lipinski definition) is 4. The minimum absolute atomic E-state index is 0.190. The van der Waals surface area contributed by atoms with Gasteiger partial charge in [0, 0.05) is 0 Å². The predicted molar refractivity (Wildman–Crippen MR) is 68.0 cm³/mol. The van der Waals surface area contributed by atoms with Crippen molar-refractivity contribution in [1.29, 1.82) is 0 Å². The number of carboxylic acids is 1. The van der Waals surface area contributed by atoms with Gasteiger partial charge in [0.2, 0.25) is 10.0 Å². The zero-order valence-corrected chi connectivity index (χ0v) is 11.2. The van der Waals surface area contributed by atoms with Crippen LogP contribution in [0.2, 0.25) is 0 Å². The van der Waals surface area contributed by atoms with Crippen LogP contribution in [0.3, 0.4) is 0 Å². The molecule has 19 heavy (non-hydrogen) atoms. The fourth-order valence-electron chi connectivity index (χ4n) is 1.97. The summed E-state index contributed by atoms with van der Waals surface area (Å²) in [5.74, 6) is -1.58. The maximum absolute atomic E-state index is 12.0. The number of nitrogens with zero attached hydrogens (tertiary/aromatic N) is 1. The maximum Gasteiger partial charge on any atom is 0.338 e. The number of aliphatic hydroxyl groups is 1. The summed E-state index contributed by atoms with van der Waals surface area (Å²) in [5, 5.41) is 18.3. The van der Waals surface area contributed by atoms with Gasteiger partial charge in [-0.2, -0.15) is 4.31 Å². The fourth-order valence-corrected chi connectivity index (χ4v) is 3.58. The van der Waals surface area contributed by atoms with E-state index in [9.17, 15) is 18.3 Å². The Balaban J connectivity index is 2.08. The summed E-state index contributed by atoms with van der Waals surface area (Å²) in [6, 6.07) is 7.10. The zero-order valence-electron chi connectivity index (χ0n) is 10.4. The smallest absolute Gasteiger partial charge is 0.338 e. The molecule has 1 heterocycles. The molecule has 1 aliphatic heterocycles. The van der Waals surface area contributed by atoms with Crippen LogP contribution in [0.25, 0.3) is 0 Å². The first-order valence-electron chi connectivity index (χ1n) is 5.72. The number of aryl methyl sites for hydroxylation is 1. The van der Waals surface area contributed by atoms with E-state index in [4.69, 9.17) is 5.11 Å². The molecule has 0 bridgehead atoms. The van der Waals surface area contributed by atoms with Gasteiger partial charge in [-0.3, -0.25) is 0 Å². The van der Waals surface area contributed by atoms with Crippen molar-refractivity contribution in [1.82, 2.24) is 4.31 Å². The maximum atomic E-state index is 12.0. The van der Waals surface area contributed by atoms with Crippen LogP contribution in [0.5, 0.6) is 0 Å². The van der Waals surface area contributed by atoms with E-state index in [0.29, 0.717) is 5.56 Å². The van der Waals surface area contributed by atoms with Crippen molar-refractivity contribution in [3.05, 3.63) is 35.4 Å². The Morgan fingerprint density at radius 1 is 1.42 bits per heavy atom. The molecule has 1 aromatic carbocycles. The van der Waals surface area contributed by atoms with Crippen LogP contribution in [0.1, 0.15) is 11.1 Å². The van der Waals surface area contributed by atoms with Gasteiger partial charge in [-0.05, 0) is 12.5 Å². The number of carboxylic acid groups (broad SMARTS) is 1. The van der Waals surface area contributed by atoms with Gasteiger partial charge in [-0.25, -0.2) is 13.2 Å². The number of benzene rings is 1. The summed E-state index contributed by atoms with van der Waals surface area (Å²) in [6.07, 6.45) is 0. The van der Waals surface area contributed by atoms with Crippen molar-refractivity contribution >= 4 is 16.0 Å². The summed E-state index contributed by atoms with van der Waals surface area (Å²) in [6.45, 7) is 1.08. The minimum atomic E-state index is -3.59. The van der Waals surface area contributed by atoms with Crippen LogP contribution in [0.15, 0.2) is 24.3 Å². The highest BCUT2D eigenvalue weighted by molar-refractivity contribution is 7.88. The Kier molecular flexibility index (Phi) is 3.38. The van der Waals surface area contributed by atoms with Gasteiger partial charge in [0.1, 0.15) is 0 Å². The molecule has 1 aliphatic rings. The Hall–Kier alpha value is -1.44. The lowest BCUT2D eigenvalue weighted by Gasteiger charge is -2.42. The number of hydrogen-bond donors (Lipinski definition) is 2. The summed E-state index contributed by atoms with van der Waals surface area (Å²) in [5.41, 5.74) is -0.344. The quantitative estimate of drug-likeness (QED) is 0.809. The molecule has 0 amide bonds. The average molecular weight is 285 g/mol. The highest BCUT2D eigenvalue weighted by Gasteiger charge is 2.52. The van der Waals surface area contributed by atoms with E-state index in [0.717, 1.165) is 9.87 Å². The molecule has 104 valence electrons. The fraction of sp³-hybridized carbons (Fsp3) is 0.417. The summed E-state index contributed by atoms with van der Waals surface area (Å²) in [7, 11) is -3.59. The minimum Gasteiger partial charge on any atom is -0.479 e. The van der Waals surface area contributed by atoms with Gasteiger partial charge in [0.25, 0.3) is 0 Å². The third kappa shape index (κ3) is 2.78. The number of carbonyl (C=O) groups is 1. The van der Waals surface area contributed by atoms with Crippen LogP contribution in [-0.4, -0.2) is 47.6 Å². The summed E-state index contributed by atoms with van der Waals surface area (Å²) < 4.78 is 25.0. The second-order valence-electron chi connectivity index (χ2n) is 4.85. The summed E-state index contributed by atoms with van der Waals surface area (Å²) >= 11 is 0. The van der Waals surface area contributed by atoms with Crippen molar-refractivity contribution in [2.75, 3.05) is 13.1 Å². The van der Waals surface area contributed by atoms with E-state index >= 15 is 0 Å². The lowest BCUT2D eigenvalue weighted by molar-refractivity contribution is -0.170. The predicted octanol–water partition coefficient (Wildman–Crippen LogP) is -0.0439. The number of sulfonamides is 1. The lowest BCUT2D eigenvalue weighted by Crippen LogP contribution is -2.67. The normalized spacial score (nSPS) is 18.8. The Labute approximate surface area is 111 Å². The van der Waals surface area contributed by atoms with Crippen LogP contribution < -0.4 is 0 Å². The first-order chi connectivity index (χ1) is 8.73. The summed E-state index contributed by atoms with van der Waals surface area (Å²) in [4.78, 5) is 10.7. The molecule has 6 nitrogen and oxygen atoms in total. The van der Waals surface area contributed by atoms with Crippen molar-refractivity contribution in [3.63, 3.8) is 0 Å². The molecule has 1 fully saturated rings. The van der Waals surface area contributed by atoms with Crippen LogP contribution in [0.4, 0.5) is 0 Å². The standard InChI is InChI=1S/C12H15NO5S/c1-9-3-2-4-10(5-9)6-19(17,18)13-7-12(16,8-13)11(14)15/h2-5,16H,6-8H2,1H3,(H,14,15). The third-order valence-electron chi connectivity index (χ3n) is 3.10. The molecule has 1 saturated heterocycles. The topological polar surface area (TPSA) is 94.9 Å². The molecule has 2 N–H and O–H groups in total. The van der Waals surface area contributed by atoms with E-state index in [1.54, 1.807) is 18.2 Å². The van der Waals surface area contributed by atoms with E-state index in [2.05, 4.69) is 0 Å². The average Bonchev–Trinajstić information content (AvgIpc) is 2.23. The van der Waals surface area contributed by atoms with E-state index in [-0.39, 0.29) is 5.75 Å². The lowest BCUT2D eigenvalue weighted by atomic mass is 9.98. The first-order valence-corrected chi connectivity index (χ1v) is 7.33. The highest BCUT2D eigenvalue weighted by Crippen LogP contribution is 2.26. The van der Waals surface area contributed by atoms with Crippen LogP contribution in [-0.2, 0) is 20.6 Å². The Morgan fingerprint density at radius 3 is 2.58 bits per heavy atom. The van der Waals surface area contributed by atoms with Crippen molar-refractivity contribution < 1.29 is 23.4 Å². The molecule has 1 aromatic rings. The number of aliphatic carboxylic acids is 1. The molecule has 0 aliphatic carbocycles. The van der Waals surface area contributed by atoms with Gasteiger partial charge >= 0.3 is 5.97 Å². The monoisotopic (exact) mass is 285 g/mol. The van der Waals surface area contributed by atoms with Crippen molar-refractivity contribution in [3.8, 4) is 0 Å².